The van der Waals surface area contributed by atoms with Crippen LogP contribution < -0.4 is 5.32 Å². The van der Waals surface area contributed by atoms with Crippen LogP contribution in [-0.4, -0.2) is 69.0 Å². The van der Waals surface area contributed by atoms with Crippen LogP contribution in [0.15, 0.2) is 0 Å². The van der Waals surface area contributed by atoms with Gasteiger partial charge in [0.25, 0.3) is 0 Å². The second-order valence-electron chi connectivity index (χ2n) is 8.02. The Morgan fingerprint density at radius 2 is 1.81 bits per heavy atom. The molecular formula is C17H28N6O4. The number of nitrogens with zero attached hydrogens (tertiary/aromatic N) is 5. The summed E-state index contributed by atoms with van der Waals surface area (Å²) in [6, 6.07) is 0.0312. The maximum absolute atomic E-state index is 12.4. The van der Waals surface area contributed by atoms with Gasteiger partial charge in [-0.2, -0.15) is 0 Å². The molecule has 0 aromatic carbocycles. The van der Waals surface area contributed by atoms with Crippen LogP contribution >= 0.6 is 0 Å². The standard InChI is InChI=1S/C17H28N6O4/c1-17(2,3)27-16(25)22-8-4-13(5-9-22)23-15(19-20-21-23)18-14(24)12-6-10-26-11-7-12/h12-13H,4-11H2,1-3H3,(H,18,19,21,24). The molecule has 1 aromatic rings. The Morgan fingerprint density at radius 1 is 1.15 bits per heavy atom. The summed E-state index contributed by atoms with van der Waals surface area (Å²) in [6.45, 7) is 7.89. The largest absolute Gasteiger partial charge is 0.444 e. The molecule has 1 N–H and O–H groups in total. The predicted molar refractivity (Wildman–Crippen MR) is 96.1 cm³/mol. The Hall–Kier alpha value is -2.23. The molecule has 0 unspecified atom stereocenters. The summed E-state index contributed by atoms with van der Waals surface area (Å²) in [7, 11) is 0. The van der Waals surface area contributed by atoms with E-state index in [0.29, 0.717) is 57.9 Å². The van der Waals surface area contributed by atoms with Crippen molar-refractivity contribution in [3.05, 3.63) is 0 Å². The summed E-state index contributed by atoms with van der Waals surface area (Å²) in [5.74, 6) is 0.223. The van der Waals surface area contributed by atoms with Gasteiger partial charge in [0.1, 0.15) is 5.60 Å². The van der Waals surface area contributed by atoms with E-state index in [0.717, 1.165) is 0 Å². The number of nitrogens with one attached hydrogen (secondary N) is 1. The number of aromatic nitrogens is 4. The van der Waals surface area contributed by atoms with Crippen molar-refractivity contribution in [2.45, 2.75) is 58.1 Å². The van der Waals surface area contributed by atoms with Crippen molar-refractivity contribution >= 4 is 17.9 Å². The molecule has 3 rings (SSSR count). The number of likely N-dealkylation sites (tertiary alicyclic amines) is 1. The molecule has 0 aliphatic carbocycles. The second-order valence-corrected chi connectivity index (χ2v) is 8.02. The van der Waals surface area contributed by atoms with Gasteiger partial charge in [-0.1, -0.05) is 5.10 Å². The number of hydrogen-bond acceptors (Lipinski definition) is 7. The minimum atomic E-state index is -0.509. The van der Waals surface area contributed by atoms with Gasteiger partial charge in [0.05, 0.1) is 6.04 Å². The molecular weight excluding hydrogens is 352 g/mol. The van der Waals surface area contributed by atoms with E-state index in [9.17, 15) is 9.59 Å². The molecule has 2 aliphatic heterocycles. The SMILES string of the molecule is CC(C)(C)OC(=O)N1CCC(n2nnnc2NC(=O)C2CCOCC2)CC1. The van der Waals surface area contributed by atoms with Gasteiger partial charge in [-0.15, -0.1) is 0 Å². The molecule has 10 nitrogen and oxygen atoms in total. The fraction of sp³-hybridized carbons (Fsp3) is 0.824. The maximum atomic E-state index is 12.4. The lowest BCUT2D eigenvalue weighted by atomic mass is 10.00. The molecule has 2 fully saturated rings. The molecule has 27 heavy (non-hydrogen) atoms. The van der Waals surface area contributed by atoms with E-state index in [1.165, 1.54) is 0 Å². The van der Waals surface area contributed by atoms with Gasteiger partial charge in [-0.05, 0) is 56.9 Å². The molecule has 0 bridgehead atoms. The number of hydrogen-bond donors (Lipinski definition) is 1. The lowest BCUT2D eigenvalue weighted by molar-refractivity contribution is -0.122. The zero-order valence-corrected chi connectivity index (χ0v) is 16.2. The number of anilines is 1. The van der Waals surface area contributed by atoms with Crippen molar-refractivity contribution in [1.82, 2.24) is 25.1 Å². The average Bonchev–Trinajstić information content (AvgIpc) is 3.09. The zero-order chi connectivity index (χ0) is 19.4. The summed E-state index contributed by atoms with van der Waals surface area (Å²) in [5, 5.41) is 14.6. The topological polar surface area (TPSA) is 111 Å². The maximum Gasteiger partial charge on any atom is 0.410 e. The molecule has 2 amide bonds. The van der Waals surface area contributed by atoms with Crippen LogP contribution in [0, 0.1) is 5.92 Å². The fourth-order valence-electron chi connectivity index (χ4n) is 3.31. The number of piperidine rings is 1. The van der Waals surface area contributed by atoms with Crippen LogP contribution in [0.4, 0.5) is 10.7 Å². The van der Waals surface area contributed by atoms with Crippen molar-refractivity contribution in [2.75, 3.05) is 31.6 Å². The minimum absolute atomic E-state index is 0.0312. The average molecular weight is 380 g/mol. The van der Waals surface area contributed by atoms with Gasteiger partial charge in [0.15, 0.2) is 0 Å². The quantitative estimate of drug-likeness (QED) is 0.848. The summed E-state index contributed by atoms with van der Waals surface area (Å²) in [4.78, 5) is 26.3. The fourth-order valence-corrected chi connectivity index (χ4v) is 3.31. The Balaban J connectivity index is 1.55. The first kappa shape index (κ1) is 19.5. The van der Waals surface area contributed by atoms with Crippen LogP contribution in [0.1, 0.15) is 52.5 Å². The number of carbonyl (C=O) groups excluding carboxylic acids is 2. The summed E-state index contributed by atoms with van der Waals surface area (Å²) >= 11 is 0. The van der Waals surface area contributed by atoms with E-state index in [-0.39, 0.29) is 24.0 Å². The van der Waals surface area contributed by atoms with Crippen molar-refractivity contribution in [3.8, 4) is 0 Å². The first-order chi connectivity index (χ1) is 12.8. The van der Waals surface area contributed by atoms with E-state index >= 15 is 0 Å². The van der Waals surface area contributed by atoms with Crippen LogP contribution in [0.3, 0.4) is 0 Å². The van der Waals surface area contributed by atoms with Gasteiger partial charge < -0.3 is 14.4 Å². The minimum Gasteiger partial charge on any atom is -0.444 e. The monoisotopic (exact) mass is 380 g/mol. The molecule has 3 heterocycles. The molecule has 0 spiro atoms. The molecule has 0 radical (unpaired) electrons. The van der Waals surface area contributed by atoms with Crippen molar-refractivity contribution < 1.29 is 19.1 Å². The van der Waals surface area contributed by atoms with E-state index in [1.807, 2.05) is 20.8 Å². The summed E-state index contributed by atoms with van der Waals surface area (Å²) in [6.07, 6.45) is 2.52. The smallest absolute Gasteiger partial charge is 0.410 e. The highest BCUT2D eigenvalue weighted by molar-refractivity contribution is 5.90. The number of ether oxygens (including phenoxy) is 2. The Labute approximate surface area is 158 Å². The first-order valence-electron chi connectivity index (χ1n) is 9.48. The normalized spacial score (nSPS) is 19.7. The highest BCUT2D eigenvalue weighted by Gasteiger charge is 2.30. The molecule has 0 atom stereocenters. The third-order valence-electron chi connectivity index (χ3n) is 4.78. The molecule has 0 saturated carbocycles. The van der Waals surface area contributed by atoms with Gasteiger partial charge in [-0.25, -0.2) is 9.48 Å². The van der Waals surface area contributed by atoms with Crippen LogP contribution in [0.25, 0.3) is 0 Å². The van der Waals surface area contributed by atoms with Crippen LogP contribution in [-0.2, 0) is 14.3 Å². The van der Waals surface area contributed by atoms with Gasteiger partial charge >= 0.3 is 6.09 Å². The number of rotatable bonds is 3. The number of amides is 2. The highest BCUT2D eigenvalue weighted by atomic mass is 16.6. The molecule has 2 aliphatic rings. The summed E-state index contributed by atoms with van der Waals surface area (Å²) in [5.41, 5.74) is -0.509. The van der Waals surface area contributed by atoms with Gasteiger partial charge in [-0.3, -0.25) is 10.1 Å². The lowest BCUT2D eigenvalue weighted by Crippen LogP contribution is -2.42. The summed E-state index contributed by atoms with van der Waals surface area (Å²) < 4.78 is 12.4. The molecule has 150 valence electrons. The van der Waals surface area contributed by atoms with Crippen molar-refractivity contribution in [2.24, 2.45) is 5.92 Å². The molecule has 10 heteroatoms. The zero-order valence-electron chi connectivity index (χ0n) is 16.2. The van der Waals surface area contributed by atoms with Crippen LogP contribution in [0.5, 0.6) is 0 Å². The van der Waals surface area contributed by atoms with Crippen molar-refractivity contribution in [3.63, 3.8) is 0 Å². The Bertz CT molecular complexity index is 657. The van der Waals surface area contributed by atoms with Crippen molar-refractivity contribution in [1.29, 1.82) is 0 Å². The van der Waals surface area contributed by atoms with E-state index in [4.69, 9.17) is 9.47 Å². The molecule has 2 saturated heterocycles. The van der Waals surface area contributed by atoms with Gasteiger partial charge in [0.2, 0.25) is 11.9 Å². The highest BCUT2D eigenvalue weighted by Crippen LogP contribution is 2.25. The number of carbonyl (C=O) groups is 2. The predicted octanol–water partition coefficient (Wildman–Crippen LogP) is 1.61. The third-order valence-corrected chi connectivity index (χ3v) is 4.78. The second kappa shape index (κ2) is 8.20. The van der Waals surface area contributed by atoms with E-state index < -0.39 is 5.60 Å². The molecule has 1 aromatic heterocycles. The van der Waals surface area contributed by atoms with Crippen LogP contribution in [0.2, 0.25) is 0 Å². The first-order valence-corrected chi connectivity index (χ1v) is 9.48. The lowest BCUT2D eigenvalue weighted by Gasteiger charge is -2.33. The van der Waals surface area contributed by atoms with E-state index in [1.54, 1.807) is 9.58 Å². The Morgan fingerprint density at radius 3 is 2.44 bits per heavy atom. The third kappa shape index (κ3) is 5.15. The Kier molecular flexibility index (Phi) is 5.93. The number of tetrazole rings is 1. The van der Waals surface area contributed by atoms with Gasteiger partial charge in [0, 0.05) is 32.2 Å². The van der Waals surface area contributed by atoms with E-state index in [2.05, 4.69) is 20.8 Å².